The Hall–Kier alpha value is -2.04. The monoisotopic (exact) mass is 237 g/mol. The number of phenols is 1. The quantitative estimate of drug-likeness (QED) is 0.771. The summed E-state index contributed by atoms with van der Waals surface area (Å²) in [5, 5.41) is 12.0. The van der Waals surface area contributed by atoms with E-state index in [1.165, 1.54) is 33.1 Å². The van der Waals surface area contributed by atoms with Gasteiger partial charge in [0, 0.05) is 0 Å². The molecule has 1 amide bonds. The van der Waals surface area contributed by atoms with Crippen LogP contribution in [0.25, 0.3) is 0 Å². The molecule has 0 saturated carbocycles. The first-order valence-corrected chi connectivity index (χ1v) is 5.07. The molecule has 5 heteroatoms. The van der Waals surface area contributed by atoms with Gasteiger partial charge in [0.25, 0.3) is 5.91 Å². The van der Waals surface area contributed by atoms with Gasteiger partial charge in [-0.05, 0) is 26.0 Å². The number of carbonyl (C=O) groups excluding carboxylic acids is 2. The number of esters is 1. The summed E-state index contributed by atoms with van der Waals surface area (Å²) in [5.41, 5.74) is -1.03. The Morgan fingerprint density at radius 3 is 2.41 bits per heavy atom. The molecule has 0 aromatic heterocycles. The van der Waals surface area contributed by atoms with Crippen molar-refractivity contribution in [3.8, 4) is 5.75 Å². The molecular weight excluding hydrogens is 222 g/mol. The van der Waals surface area contributed by atoms with Gasteiger partial charge in [0.05, 0.1) is 12.7 Å². The number of rotatable bonds is 3. The highest BCUT2D eigenvalue weighted by atomic mass is 16.5. The summed E-state index contributed by atoms with van der Waals surface area (Å²) in [6, 6.07) is 6.11. The van der Waals surface area contributed by atoms with Crippen LogP contribution in [-0.2, 0) is 9.53 Å². The van der Waals surface area contributed by atoms with E-state index in [2.05, 4.69) is 10.1 Å². The van der Waals surface area contributed by atoms with Crippen molar-refractivity contribution in [1.29, 1.82) is 0 Å². The fourth-order valence-corrected chi connectivity index (χ4v) is 1.32. The summed E-state index contributed by atoms with van der Waals surface area (Å²) in [4.78, 5) is 23.2. The van der Waals surface area contributed by atoms with Gasteiger partial charge in [-0.1, -0.05) is 12.1 Å². The summed E-state index contributed by atoms with van der Waals surface area (Å²) in [6.45, 7) is 3.05. The number of hydrogen-bond donors (Lipinski definition) is 2. The maximum Gasteiger partial charge on any atom is 0.330 e. The van der Waals surface area contributed by atoms with Gasteiger partial charge in [-0.2, -0.15) is 0 Å². The van der Waals surface area contributed by atoms with Crippen LogP contribution in [0.5, 0.6) is 5.75 Å². The minimum atomic E-state index is -1.14. The summed E-state index contributed by atoms with van der Waals surface area (Å²) >= 11 is 0. The smallest absolute Gasteiger partial charge is 0.330 e. The lowest BCUT2D eigenvalue weighted by atomic mass is 10.0. The van der Waals surface area contributed by atoms with E-state index in [4.69, 9.17) is 0 Å². The SMILES string of the molecule is COC(=O)C(C)(C)NC(=O)c1ccccc1O. The van der Waals surface area contributed by atoms with Crippen LogP contribution in [0.3, 0.4) is 0 Å². The number of ether oxygens (including phenoxy) is 1. The molecule has 1 aromatic rings. The zero-order valence-corrected chi connectivity index (χ0v) is 9.98. The molecule has 0 unspecified atom stereocenters. The molecule has 1 rings (SSSR count). The second-order valence-corrected chi connectivity index (χ2v) is 4.09. The summed E-state index contributed by atoms with van der Waals surface area (Å²) in [5.74, 6) is -1.22. The Morgan fingerprint density at radius 1 is 1.29 bits per heavy atom. The van der Waals surface area contributed by atoms with Crippen LogP contribution in [0.4, 0.5) is 0 Å². The fraction of sp³-hybridized carbons (Fsp3) is 0.333. The first-order chi connectivity index (χ1) is 7.88. The van der Waals surface area contributed by atoms with E-state index in [-0.39, 0.29) is 11.3 Å². The van der Waals surface area contributed by atoms with Crippen LogP contribution in [0.2, 0.25) is 0 Å². The van der Waals surface area contributed by atoms with E-state index in [9.17, 15) is 14.7 Å². The molecule has 0 atom stereocenters. The number of amides is 1. The predicted octanol–water partition coefficient (Wildman–Crippen LogP) is 1.07. The number of para-hydroxylation sites is 1. The van der Waals surface area contributed by atoms with E-state index < -0.39 is 17.4 Å². The Balaban J connectivity index is 2.87. The largest absolute Gasteiger partial charge is 0.507 e. The van der Waals surface area contributed by atoms with Crippen molar-refractivity contribution in [3.05, 3.63) is 29.8 Å². The van der Waals surface area contributed by atoms with E-state index in [1.807, 2.05) is 0 Å². The lowest BCUT2D eigenvalue weighted by Gasteiger charge is -2.23. The Bertz CT molecular complexity index is 440. The molecule has 0 spiro atoms. The van der Waals surface area contributed by atoms with Gasteiger partial charge < -0.3 is 15.2 Å². The maximum absolute atomic E-state index is 11.8. The molecule has 0 heterocycles. The van der Waals surface area contributed by atoms with Gasteiger partial charge in [0.2, 0.25) is 0 Å². The van der Waals surface area contributed by atoms with Crippen LogP contribution in [0.15, 0.2) is 24.3 Å². The fourth-order valence-electron chi connectivity index (χ4n) is 1.32. The van der Waals surface area contributed by atoms with Crippen LogP contribution >= 0.6 is 0 Å². The zero-order chi connectivity index (χ0) is 13.1. The molecule has 0 bridgehead atoms. The Kier molecular flexibility index (Phi) is 3.73. The molecule has 5 nitrogen and oxygen atoms in total. The molecule has 0 aliphatic heterocycles. The van der Waals surface area contributed by atoms with Gasteiger partial charge in [0.1, 0.15) is 11.3 Å². The molecule has 0 aliphatic carbocycles. The van der Waals surface area contributed by atoms with Crippen LogP contribution < -0.4 is 5.32 Å². The Labute approximate surface area is 99.4 Å². The molecule has 0 saturated heterocycles. The van der Waals surface area contributed by atoms with E-state index in [0.29, 0.717) is 0 Å². The topological polar surface area (TPSA) is 75.6 Å². The third-order valence-corrected chi connectivity index (χ3v) is 2.27. The molecule has 0 fully saturated rings. The normalized spacial score (nSPS) is 10.8. The minimum absolute atomic E-state index is 0.115. The van der Waals surface area contributed by atoms with Crippen LogP contribution in [0, 0.1) is 0 Å². The van der Waals surface area contributed by atoms with Crippen molar-refractivity contribution in [1.82, 2.24) is 5.32 Å². The summed E-state index contributed by atoms with van der Waals surface area (Å²) in [6.07, 6.45) is 0. The van der Waals surface area contributed by atoms with Crippen LogP contribution in [0.1, 0.15) is 24.2 Å². The number of benzene rings is 1. The molecule has 0 aliphatic rings. The predicted molar refractivity (Wildman–Crippen MR) is 61.7 cm³/mol. The second kappa shape index (κ2) is 4.86. The maximum atomic E-state index is 11.8. The lowest BCUT2D eigenvalue weighted by Crippen LogP contribution is -2.50. The lowest BCUT2D eigenvalue weighted by molar-refractivity contribution is -0.146. The van der Waals surface area contributed by atoms with Gasteiger partial charge in [-0.15, -0.1) is 0 Å². The van der Waals surface area contributed by atoms with Gasteiger partial charge in [0.15, 0.2) is 0 Å². The van der Waals surface area contributed by atoms with Gasteiger partial charge in [-0.25, -0.2) is 4.79 Å². The molecule has 1 aromatic carbocycles. The molecule has 17 heavy (non-hydrogen) atoms. The zero-order valence-electron chi connectivity index (χ0n) is 9.98. The number of methoxy groups -OCH3 is 1. The van der Waals surface area contributed by atoms with Crippen molar-refractivity contribution >= 4 is 11.9 Å². The highest BCUT2D eigenvalue weighted by Gasteiger charge is 2.31. The first-order valence-electron chi connectivity index (χ1n) is 5.07. The van der Waals surface area contributed by atoms with Gasteiger partial charge in [-0.3, -0.25) is 4.79 Å². The molecule has 0 radical (unpaired) electrons. The number of phenolic OH excluding ortho intramolecular Hbond substituents is 1. The van der Waals surface area contributed by atoms with E-state index >= 15 is 0 Å². The summed E-state index contributed by atoms with van der Waals surface area (Å²) in [7, 11) is 1.25. The van der Waals surface area contributed by atoms with Crippen molar-refractivity contribution in [2.24, 2.45) is 0 Å². The molecule has 92 valence electrons. The first kappa shape index (κ1) is 13.0. The van der Waals surface area contributed by atoms with Crippen molar-refractivity contribution in [3.63, 3.8) is 0 Å². The van der Waals surface area contributed by atoms with E-state index in [1.54, 1.807) is 12.1 Å². The second-order valence-electron chi connectivity index (χ2n) is 4.09. The average Bonchev–Trinajstić information content (AvgIpc) is 2.27. The summed E-state index contributed by atoms with van der Waals surface area (Å²) < 4.78 is 4.57. The number of carbonyl (C=O) groups is 2. The number of aromatic hydroxyl groups is 1. The van der Waals surface area contributed by atoms with Gasteiger partial charge >= 0.3 is 5.97 Å². The van der Waals surface area contributed by atoms with Crippen molar-refractivity contribution in [2.75, 3.05) is 7.11 Å². The van der Waals surface area contributed by atoms with Crippen LogP contribution in [-0.4, -0.2) is 29.6 Å². The van der Waals surface area contributed by atoms with E-state index in [0.717, 1.165) is 0 Å². The highest BCUT2D eigenvalue weighted by molar-refractivity contribution is 5.99. The minimum Gasteiger partial charge on any atom is -0.507 e. The third kappa shape index (κ3) is 2.96. The van der Waals surface area contributed by atoms with Crippen molar-refractivity contribution in [2.45, 2.75) is 19.4 Å². The Morgan fingerprint density at radius 2 is 1.88 bits per heavy atom. The van der Waals surface area contributed by atoms with Crippen molar-refractivity contribution < 1.29 is 19.4 Å². The number of nitrogens with one attached hydrogen (secondary N) is 1. The highest BCUT2D eigenvalue weighted by Crippen LogP contribution is 2.16. The standard InChI is InChI=1S/C12H15NO4/c1-12(2,11(16)17-3)13-10(15)8-6-4-5-7-9(8)14/h4-7,14H,1-3H3,(H,13,15). The third-order valence-electron chi connectivity index (χ3n) is 2.27. The molecular formula is C12H15NO4. The molecule has 2 N–H and O–H groups in total. The average molecular weight is 237 g/mol. The number of hydrogen-bond acceptors (Lipinski definition) is 4.